The average Bonchev–Trinajstić information content (AvgIpc) is 2.62. The van der Waals surface area contributed by atoms with Crippen molar-refractivity contribution in [2.45, 2.75) is 46.0 Å². The van der Waals surface area contributed by atoms with Crippen molar-refractivity contribution in [3.05, 3.63) is 18.5 Å². The summed E-state index contributed by atoms with van der Waals surface area (Å²) >= 11 is 0. The maximum absolute atomic E-state index is 4.33. The summed E-state index contributed by atoms with van der Waals surface area (Å²) < 4.78 is 4.33. The molecule has 0 aromatic carbocycles. The molecule has 13 heavy (non-hydrogen) atoms. The van der Waals surface area contributed by atoms with Crippen LogP contribution in [0.15, 0.2) is 23.0 Å². The maximum atomic E-state index is 4.33. The minimum absolute atomic E-state index is 0. The summed E-state index contributed by atoms with van der Waals surface area (Å²) in [4.78, 5) is 0. The largest absolute Gasteiger partial charge is 0.365 e. The fraction of sp³-hybridized carbons (Fsp3) is 0.700. The van der Waals surface area contributed by atoms with Crippen molar-refractivity contribution < 1.29 is 4.52 Å². The highest BCUT2D eigenvalue weighted by Gasteiger charge is 1.80. The summed E-state index contributed by atoms with van der Waals surface area (Å²) in [5.74, 6) is 0. The number of unbranched alkanes of at least 4 members (excludes halogenated alkanes) is 4. The summed E-state index contributed by atoms with van der Waals surface area (Å²) in [6.45, 7) is 4.49. The minimum Gasteiger partial charge on any atom is -0.365 e. The van der Waals surface area contributed by atoms with E-state index >= 15 is 0 Å². The van der Waals surface area contributed by atoms with Gasteiger partial charge in [-0.05, 0) is 6.07 Å². The van der Waals surface area contributed by atoms with Gasteiger partial charge in [-0.2, -0.15) is 0 Å². The van der Waals surface area contributed by atoms with Crippen LogP contribution in [0.2, 0.25) is 0 Å². The van der Waals surface area contributed by atoms with Gasteiger partial charge in [-0.15, -0.1) is 12.4 Å². The van der Waals surface area contributed by atoms with Crippen LogP contribution in [0.25, 0.3) is 0 Å². The molecule has 0 aliphatic heterocycles. The Morgan fingerprint density at radius 3 is 1.92 bits per heavy atom. The predicted molar refractivity (Wildman–Crippen MR) is 58.2 cm³/mol. The van der Waals surface area contributed by atoms with E-state index < -0.39 is 0 Å². The quantitative estimate of drug-likeness (QED) is 0.693. The van der Waals surface area contributed by atoms with Crippen molar-refractivity contribution in [1.82, 2.24) is 5.16 Å². The molecule has 1 rings (SSSR count). The zero-order valence-electron chi connectivity index (χ0n) is 8.53. The molecule has 0 radical (unpaired) electrons. The van der Waals surface area contributed by atoms with Crippen molar-refractivity contribution >= 4 is 12.4 Å². The molecule has 1 heterocycles. The van der Waals surface area contributed by atoms with E-state index in [4.69, 9.17) is 0 Å². The van der Waals surface area contributed by atoms with Crippen LogP contribution in [0, 0.1) is 0 Å². The van der Waals surface area contributed by atoms with Crippen LogP contribution in [0.4, 0.5) is 0 Å². The summed E-state index contributed by atoms with van der Waals surface area (Å²) in [6, 6.07) is 1.72. The molecule has 0 aliphatic carbocycles. The first kappa shape index (κ1) is 15.0. The zero-order valence-corrected chi connectivity index (χ0v) is 9.35. The van der Waals surface area contributed by atoms with Gasteiger partial charge in [0.2, 0.25) is 0 Å². The Labute approximate surface area is 87.1 Å². The van der Waals surface area contributed by atoms with Gasteiger partial charge in [0.1, 0.15) is 6.26 Å². The lowest BCUT2D eigenvalue weighted by Gasteiger charge is -1.90. The lowest BCUT2D eigenvalue weighted by molar-refractivity contribution is 0.420. The third-order valence-corrected chi connectivity index (χ3v) is 1.55. The number of halogens is 1. The third-order valence-electron chi connectivity index (χ3n) is 1.55. The van der Waals surface area contributed by atoms with Crippen LogP contribution in [0.3, 0.4) is 0 Å². The Kier molecular flexibility index (Phi) is 16.2. The average molecular weight is 206 g/mol. The van der Waals surface area contributed by atoms with Gasteiger partial charge in [-0.3, -0.25) is 0 Å². The molecule has 0 spiro atoms. The fourth-order valence-electron chi connectivity index (χ4n) is 0.852. The Balaban J connectivity index is 0. The third kappa shape index (κ3) is 14.4. The molecule has 0 amide bonds. The molecular formula is C10H20ClNO. The van der Waals surface area contributed by atoms with Gasteiger partial charge < -0.3 is 4.52 Å². The number of rotatable bonds is 4. The number of aromatic nitrogens is 1. The molecule has 0 fully saturated rings. The standard InChI is InChI=1S/C7H16.C3H3NO.ClH/c1-3-5-7-6-4-2;1-2-4-5-3-1;/h3-7H2,1-2H3;1-3H;1H. The zero-order chi connectivity index (χ0) is 9.07. The Morgan fingerprint density at radius 1 is 1.08 bits per heavy atom. The summed E-state index contributed by atoms with van der Waals surface area (Å²) in [5.41, 5.74) is 0. The normalized spacial score (nSPS) is 8.15. The van der Waals surface area contributed by atoms with Crippen molar-refractivity contribution in [3.63, 3.8) is 0 Å². The summed E-state index contributed by atoms with van der Waals surface area (Å²) in [5, 5.41) is 3.35. The van der Waals surface area contributed by atoms with Gasteiger partial charge in [0, 0.05) is 0 Å². The van der Waals surface area contributed by atoms with Crippen LogP contribution in [-0.4, -0.2) is 5.16 Å². The molecule has 0 saturated carbocycles. The molecule has 0 unspecified atom stereocenters. The Hall–Kier alpha value is -0.500. The van der Waals surface area contributed by atoms with Gasteiger partial charge in [0.25, 0.3) is 0 Å². The molecule has 0 N–H and O–H groups in total. The van der Waals surface area contributed by atoms with Gasteiger partial charge in [-0.25, -0.2) is 0 Å². The minimum atomic E-state index is 0. The van der Waals surface area contributed by atoms with Crippen LogP contribution in [-0.2, 0) is 0 Å². The monoisotopic (exact) mass is 205 g/mol. The highest BCUT2D eigenvalue weighted by atomic mass is 35.5. The molecule has 2 nitrogen and oxygen atoms in total. The van der Waals surface area contributed by atoms with Gasteiger partial charge in [-0.1, -0.05) is 51.1 Å². The number of hydrogen-bond donors (Lipinski definition) is 0. The highest BCUT2D eigenvalue weighted by Crippen LogP contribution is 2.00. The Bertz CT molecular complexity index is 121. The van der Waals surface area contributed by atoms with Crippen LogP contribution < -0.4 is 0 Å². The van der Waals surface area contributed by atoms with E-state index in [1.54, 1.807) is 12.3 Å². The predicted octanol–water partition coefficient (Wildman–Crippen LogP) is 4.07. The molecule has 3 heteroatoms. The van der Waals surface area contributed by atoms with Crippen molar-refractivity contribution in [3.8, 4) is 0 Å². The maximum Gasteiger partial charge on any atom is 0.123 e. The molecule has 0 aliphatic rings. The summed E-state index contributed by atoms with van der Waals surface area (Å²) in [7, 11) is 0. The number of nitrogens with zero attached hydrogens (tertiary/aromatic N) is 1. The Morgan fingerprint density at radius 2 is 1.69 bits per heavy atom. The van der Waals surface area contributed by atoms with Gasteiger partial charge in [0.05, 0.1) is 6.20 Å². The first-order chi connectivity index (χ1) is 5.91. The first-order valence-corrected chi connectivity index (χ1v) is 4.76. The summed E-state index contributed by atoms with van der Waals surface area (Å²) in [6.07, 6.45) is 10.1. The van der Waals surface area contributed by atoms with E-state index in [0.29, 0.717) is 0 Å². The van der Waals surface area contributed by atoms with Crippen LogP contribution in [0.1, 0.15) is 46.0 Å². The van der Waals surface area contributed by atoms with E-state index in [-0.39, 0.29) is 12.4 Å². The van der Waals surface area contributed by atoms with Gasteiger partial charge >= 0.3 is 0 Å². The second-order valence-corrected chi connectivity index (χ2v) is 2.75. The first-order valence-electron chi connectivity index (χ1n) is 4.76. The molecular weight excluding hydrogens is 186 g/mol. The molecule has 78 valence electrons. The van der Waals surface area contributed by atoms with E-state index in [1.165, 1.54) is 38.4 Å². The molecule has 1 aromatic heterocycles. The smallest absolute Gasteiger partial charge is 0.123 e. The highest BCUT2D eigenvalue weighted by molar-refractivity contribution is 5.85. The van der Waals surface area contributed by atoms with E-state index in [0.717, 1.165) is 0 Å². The van der Waals surface area contributed by atoms with E-state index in [1.807, 2.05) is 0 Å². The number of hydrogen-bond acceptors (Lipinski definition) is 2. The van der Waals surface area contributed by atoms with E-state index in [2.05, 4.69) is 23.5 Å². The molecule has 0 saturated heterocycles. The molecule has 0 bridgehead atoms. The van der Waals surface area contributed by atoms with Crippen molar-refractivity contribution in [2.75, 3.05) is 0 Å². The SMILES string of the molecule is CCCCCCC.Cl.c1cnoc1. The van der Waals surface area contributed by atoms with Crippen molar-refractivity contribution in [1.29, 1.82) is 0 Å². The molecule has 1 aromatic rings. The van der Waals surface area contributed by atoms with E-state index in [9.17, 15) is 0 Å². The lowest BCUT2D eigenvalue weighted by Crippen LogP contribution is -1.70. The van der Waals surface area contributed by atoms with Crippen LogP contribution in [0.5, 0.6) is 0 Å². The molecule has 0 atom stereocenters. The van der Waals surface area contributed by atoms with Crippen molar-refractivity contribution in [2.24, 2.45) is 0 Å². The van der Waals surface area contributed by atoms with Gasteiger partial charge in [0.15, 0.2) is 0 Å². The second-order valence-electron chi connectivity index (χ2n) is 2.75. The van der Waals surface area contributed by atoms with Crippen LogP contribution >= 0.6 is 12.4 Å². The second kappa shape index (κ2) is 14.0. The fourth-order valence-corrected chi connectivity index (χ4v) is 0.852. The topological polar surface area (TPSA) is 26.0 Å². The lowest BCUT2D eigenvalue weighted by atomic mass is 10.2.